The molecule has 0 bridgehead atoms. The average Bonchev–Trinajstić information content (AvgIpc) is 3.63. The zero-order valence-electron chi connectivity index (χ0n) is 18.9. The van der Waals surface area contributed by atoms with Gasteiger partial charge in [0.15, 0.2) is 0 Å². The smallest absolute Gasteiger partial charge is 0.323 e. The minimum atomic E-state index is -0.708. The summed E-state index contributed by atoms with van der Waals surface area (Å²) in [6, 6.07) is 12.7. The van der Waals surface area contributed by atoms with Gasteiger partial charge in [0.05, 0.1) is 22.1 Å². The maximum atomic E-state index is 13.2. The van der Waals surface area contributed by atoms with Crippen LogP contribution < -0.4 is 22.1 Å². The van der Waals surface area contributed by atoms with Gasteiger partial charge in [0.25, 0.3) is 0 Å². The molecule has 9 nitrogen and oxygen atoms in total. The molecule has 3 aromatic heterocycles. The van der Waals surface area contributed by atoms with Crippen molar-refractivity contribution in [2.45, 2.75) is 25.0 Å². The molecule has 6 N–H and O–H groups in total. The highest BCUT2D eigenvalue weighted by Gasteiger charge is 2.38. The van der Waals surface area contributed by atoms with Crippen LogP contribution in [0.5, 0.6) is 0 Å². The molecule has 1 saturated heterocycles. The molecule has 36 heavy (non-hydrogen) atoms. The lowest BCUT2D eigenvalue weighted by molar-refractivity contribution is -0.124. The number of benzene rings is 1. The number of carbonyl (C=O) groups excluding carboxylic acids is 3. The van der Waals surface area contributed by atoms with Crippen LogP contribution in [-0.4, -0.2) is 46.1 Å². The topological polar surface area (TPSA) is 135 Å². The number of aromatic nitrogens is 1. The van der Waals surface area contributed by atoms with Gasteiger partial charge in [-0.1, -0.05) is 29.8 Å². The third kappa shape index (κ3) is 4.82. The van der Waals surface area contributed by atoms with Crippen molar-refractivity contribution in [1.29, 1.82) is 0 Å². The van der Waals surface area contributed by atoms with Crippen LogP contribution in [0.25, 0.3) is 20.7 Å². The van der Waals surface area contributed by atoms with Gasteiger partial charge in [-0.25, -0.2) is 9.59 Å². The minimum Gasteiger partial charge on any atom is -0.351 e. The van der Waals surface area contributed by atoms with Crippen molar-refractivity contribution in [3.05, 3.63) is 63.9 Å². The fraction of sp³-hybridized carbons (Fsp3) is 0.208. The average molecular weight is 543 g/mol. The van der Waals surface area contributed by atoms with E-state index >= 15 is 0 Å². The van der Waals surface area contributed by atoms with Gasteiger partial charge in [-0.2, -0.15) is 0 Å². The Kier molecular flexibility index (Phi) is 6.71. The predicted molar refractivity (Wildman–Crippen MR) is 144 cm³/mol. The Balaban J connectivity index is 1.27. The molecule has 0 spiro atoms. The molecule has 0 unspecified atom stereocenters. The maximum Gasteiger partial charge on any atom is 0.323 e. The molecule has 0 aliphatic carbocycles. The first-order valence-corrected chi connectivity index (χ1v) is 13.2. The van der Waals surface area contributed by atoms with Crippen LogP contribution in [0.4, 0.5) is 15.3 Å². The summed E-state index contributed by atoms with van der Waals surface area (Å²) in [6.07, 6.45) is 1.83. The van der Waals surface area contributed by atoms with Crippen molar-refractivity contribution in [3.8, 4) is 9.75 Å². The van der Waals surface area contributed by atoms with Crippen molar-refractivity contribution < 1.29 is 14.4 Å². The summed E-state index contributed by atoms with van der Waals surface area (Å²) in [6.45, 7) is 0.580. The molecule has 0 saturated carbocycles. The summed E-state index contributed by atoms with van der Waals surface area (Å²) in [5.41, 5.74) is 12.6. The Morgan fingerprint density at radius 3 is 2.56 bits per heavy atom. The number of primary amides is 1. The molecule has 0 radical (unpaired) electrons. The lowest BCUT2D eigenvalue weighted by atomic mass is 10.1. The number of nitrogens with two attached hydrogens (primary N) is 2. The Morgan fingerprint density at radius 2 is 1.81 bits per heavy atom. The van der Waals surface area contributed by atoms with Gasteiger partial charge in [-0.3, -0.25) is 9.36 Å². The number of hydrogen-bond donors (Lipinski definition) is 4. The van der Waals surface area contributed by atoms with Crippen LogP contribution in [0.1, 0.15) is 11.3 Å². The number of hydrogen-bond acceptors (Lipinski definition) is 6. The number of fused-ring (bicyclic) bond motifs is 1. The van der Waals surface area contributed by atoms with Crippen LogP contribution in [0.3, 0.4) is 0 Å². The van der Waals surface area contributed by atoms with Crippen LogP contribution in [0.2, 0.25) is 4.34 Å². The van der Waals surface area contributed by atoms with Gasteiger partial charge in [0.1, 0.15) is 6.04 Å². The molecule has 4 aromatic rings. The summed E-state index contributed by atoms with van der Waals surface area (Å²) in [5, 5.41) is 6.42. The first kappa shape index (κ1) is 24.3. The quantitative estimate of drug-likeness (QED) is 0.299. The Morgan fingerprint density at radius 1 is 1.06 bits per heavy atom. The molecule has 4 amide bonds. The minimum absolute atomic E-state index is 0.237. The summed E-state index contributed by atoms with van der Waals surface area (Å²) in [7, 11) is 0. The van der Waals surface area contributed by atoms with Crippen molar-refractivity contribution in [2.75, 3.05) is 11.9 Å². The highest BCUT2D eigenvalue weighted by atomic mass is 35.5. The van der Waals surface area contributed by atoms with Crippen LogP contribution in [-0.2, 0) is 11.3 Å². The van der Waals surface area contributed by atoms with Crippen LogP contribution >= 0.6 is 34.3 Å². The molecule has 1 aliphatic rings. The number of para-hydroxylation sites is 1. The van der Waals surface area contributed by atoms with Gasteiger partial charge < -0.3 is 27.0 Å². The Labute approximate surface area is 219 Å². The highest BCUT2D eigenvalue weighted by Crippen LogP contribution is 2.35. The maximum absolute atomic E-state index is 13.2. The zero-order chi connectivity index (χ0) is 25.4. The monoisotopic (exact) mass is 542 g/mol. The van der Waals surface area contributed by atoms with E-state index in [9.17, 15) is 14.4 Å². The lowest BCUT2D eigenvalue weighted by Gasteiger charge is -2.24. The molecule has 186 valence electrons. The SMILES string of the molecule is NC(=O)n1cc(NC(=O)N2C[C@@H](N)C[C@H]2C(=O)NCc2ccc(-c3ccc(Cl)s3)s2)c2ccccc21. The number of urea groups is 1. The largest absolute Gasteiger partial charge is 0.351 e. The molecule has 5 rings (SSSR count). The lowest BCUT2D eigenvalue weighted by Crippen LogP contribution is -2.47. The van der Waals surface area contributed by atoms with E-state index in [0.29, 0.717) is 29.6 Å². The number of thiophene rings is 2. The number of amides is 4. The Bertz CT molecular complexity index is 1460. The fourth-order valence-electron chi connectivity index (χ4n) is 4.33. The third-order valence-corrected chi connectivity index (χ3v) is 8.51. The Hall–Kier alpha value is -3.38. The number of nitrogens with zero attached hydrogens (tertiary/aromatic N) is 2. The molecular formula is C24H23ClN6O3S2. The molecule has 1 aliphatic heterocycles. The first-order chi connectivity index (χ1) is 17.3. The normalized spacial score (nSPS) is 17.4. The number of rotatable bonds is 5. The third-order valence-electron chi connectivity index (χ3n) is 6.00. The summed E-state index contributed by atoms with van der Waals surface area (Å²) in [5.74, 6) is -0.271. The van der Waals surface area contributed by atoms with E-state index in [1.54, 1.807) is 35.6 Å². The second-order valence-electron chi connectivity index (χ2n) is 8.45. The summed E-state index contributed by atoms with van der Waals surface area (Å²) in [4.78, 5) is 42.6. The number of nitrogens with one attached hydrogen (secondary N) is 2. The number of carbonyl (C=O) groups is 3. The van der Waals surface area contributed by atoms with Gasteiger partial charge in [-0.05, 0) is 36.8 Å². The molecule has 1 aromatic carbocycles. The van der Waals surface area contributed by atoms with Gasteiger partial charge in [-0.15, -0.1) is 22.7 Å². The summed E-state index contributed by atoms with van der Waals surface area (Å²) >= 11 is 9.12. The first-order valence-electron chi connectivity index (χ1n) is 11.2. The molecular weight excluding hydrogens is 520 g/mol. The van der Waals surface area contributed by atoms with Gasteiger partial charge in [0, 0.05) is 38.8 Å². The van der Waals surface area contributed by atoms with E-state index in [-0.39, 0.29) is 18.5 Å². The fourth-order valence-corrected chi connectivity index (χ4v) is 6.42. The van der Waals surface area contributed by atoms with E-state index in [0.717, 1.165) is 19.0 Å². The number of halogens is 1. The predicted octanol–water partition coefficient (Wildman–Crippen LogP) is 4.26. The standard InChI is InChI=1S/C24H23ClN6O3S2/c25-21-8-7-20(36-21)19-6-5-14(35-19)10-28-22(32)18-9-13(26)11-31(18)24(34)29-16-12-30(23(27)33)17-4-2-1-3-15(16)17/h1-8,12-13,18H,9-11,26H2,(H2,27,33)(H,28,32)(H,29,34)/t13-,18-/m0/s1. The molecule has 12 heteroatoms. The van der Waals surface area contributed by atoms with E-state index in [1.165, 1.54) is 27.0 Å². The van der Waals surface area contributed by atoms with Crippen LogP contribution in [0, 0.1) is 0 Å². The van der Waals surface area contributed by atoms with E-state index in [4.69, 9.17) is 23.1 Å². The van der Waals surface area contributed by atoms with Crippen molar-refractivity contribution in [3.63, 3.8) is 0 Å². The van der Waals surface area contributed by atoms with E-state index in [2.05, 4.69) is 10.6 Å². The van der Waals surface area contributed by atoms with Gasteiger partial charge in [0.2, 0.25) is 5.91 Å². The van der Waals surface area contributed by atoms with E-state index in [1.807, 2.05) is 24.3 Å². The zero-order valence-corrected chi connectivity index (χ0v) is 21.3. The van der Waals surface area contributed by atoms with Crippen molar-refractivity contribution >= 4 is 68.8 Å². The van der Waals surface area contributed by atoms with Crippen molar-refractivity contribution in [1.82, 2.24) is 14.8 Å². The van der Waals surface area contributed by atoms with Gasteiger partial charge >= 0.3 is 12.1 Å². The van der Waals surface area contributed by atoms with E-state index < -0.39 is 18.1 Å². The van der Waals surface area contributed by atoms with Crippen LogP contribution in [0.15, 0.2) is 54.7 Å². The molecule has 1 fully saturated rings. The highest BCUT2D eigenvalue weighted by molar-refractivity contribution is 7.24. The second-order valence-corrected chi connectivity index (χ2v) is 11.3. The number of likely N-dealkylation sites (tertiary alicyclic amines) is 1. The molecule has 2 atom stereocenters. The number of anilines is 1. The second kappa shape index (κ2) is 9.94. The summed E-state index contributed by atoms with van der Waals surface area (Å²) < 4.78 is 1.99. The van der Waals surface area contributed by atoms with Crippen molar-refractivity contribution in [2.24, 2.45) is 11.5 Å². The molecule has 4 heterocycles.